The minimum Gasteiger partial charge on any atom is -0.357 e. The molecule has 0 aliphatic rings. The standard InChI is InChI=1S/C9H11F5N4/c1-15-8-16-5(9(12,13)14)3-7(17-8)18(2)4-6(10)11/h3,6H,4H2,1-2H3,(H,15,16,17). The number of nitrogens with one attached hydrogen (secondary N) is 1. The maximum Gasteiger partial charge on any atom is 0.433 e. The molecule has 0 fully saturated rings. The molecule has 1 rings (SSSR count). The highest BCUT2D eigenvalue weighted by atomic mass is 19.4. The lowest BCUT2D eigenvalue weighted by Gasteiger charge is -2.19. The van der Waals surface area contributed by atoms with Crippen LogP contribution < -0.4 is 10.2 Å². The Kier molecular flexibility index (Phi) is 4.25. The van der Waals surface area contributed by atoms with Crippen LogP contribution in [0.15, 0.2) is 6.07 Å². The van der Waals surface area contributed by atoms with E-state index in [-0.39, 0.29) is 11.8 Å². The first-order valence-electron chi connectivity index (χ1n) is 4.87. The second-order valence-electron chi connectivity index (χ2n) is 3.45. The van der Waals surface area contributed by atoms with E-state index >= 15 is 0 Å². The Hall–Kier alpha value is -1.67. The molecule has 1 heterocycles. The zero-order valence-corrected chi connectivity index (χ0v) is 9.59. The number of nitrogens with zero attached hydrogens (tertiary/aromatic N) is 3. The van der Waals surface area contributed by atoms with Gasteiger partial charge in [-0.05, 0) is 0 Å². The molecule has 0 spiro atoms. The van der Waals surface area contributed by atoms with Gasteiger partial charge in [0.1, 0.15) is 5.82 Å². The average Bonchev–Trinajstić information content (AvgIpc) is 2.26. The number of alkyl halides is 5. The number of anilines is 2. The second-order valence-corrected chi connectivity index (χ2v) is 3.45. The zero-order valence-electron chi connectivity index (χ0n) is 9.59. The van der Waals surface area contributed by atoms with Gasteiger partial charge in [-0.25, -0.2) is 13.8 Å². The van der Waals surface area contributed by atoms with Gasteiger partial charge in [-0.2, -0.15) is 18.2 Å². The Morgan fingerprint density at radius 1 is 1.33 bits per heavy atom. The van der Waals surface area contributed by atoms with E-state index in [9.17, 15) is 22.0 Å². The Morgan fingerprint density at radius 3 is 2.39 bits per heavy atom. The molecule has 0 saturated heterocycles. The molecular formula is C9H11F5N4. The van der Waals surface area contributed by atoms with Crippen LogP contribution in [0.2, 0.25) is 0 Å². The predicted octanol–water partition coefficient (Wildman–Crippen LogP) is 2.24. The summed E-state index contributed by atoms with van der Waals surface area (Å²) in [5.41, 5.74) is -1.18. The van der Waals surface area contributed by atoms with Gasteiger partial charge in [0.05, 0.1) is 6.54 Å². The van der Waals surface area contributed by atoms with Gasteiger partial charge in [0.15, 0.2) is 5.69 Å². The summed E-state index contributed by atoms with van der Waals surface area (Å²) in [6.45, 7) is -0.711. The molecule has 0 aliphatic carbocycles. The van der Waals surface area contributed by atoms with Gasteiger partial charge in [-0.3, -0.25) is 0 Å². The van der Waals surface area contributed by atoms with Crippen molar-refractivity contribution in [2.75, 3.05) is 30.9 Å². The SMILES string of the molecule is CNc1nc(N(C)CC(F)F)cc(C(F)(F)F)n1. The largest absolute Gasteiger partial charge is 0.433 e. The van der Waals surface area contributed by atoms with E-state index in [4.69, 9.17) is 0 Å². The van der Waals surface area contributed by atoms with Crippen molar-refractivity contribution in [2.45, 2.75) is 12.6 Å². The van der Waals surface area contributed by atoms with E-state index in [1.54, 1.807) is 0 Å². The lowest BCUT2D eigenvalue weighted by molar-refractivity contribution is -0.141. The lowest BCUT2D eigenvalue weighted by atomic mass is 10.3. The van der Waals surface area contributed by atoms with Gasteiger partial charge in [0, 0.05) is 20.2 Å². The molecule has 1 aromatic heterocycles. The number of rotatable bonds is 4. The second kappa shape index (κ2) is 5.32. The fourth-order valence-electron chi connectivity index (χ4n) is 1.19. The Morgan fingerprint density at radius 2 is 1.94 bits per heavy atom. The van der Waals surface area contributed by atoms with Gasteiger partial charge in [0.25, 0.3) is 6.43 Å². The van der Waals surface area contributed by atoms with Gasteiger partial charge in [0.2, 0.25) is 5.95 Å². The Bertz CT molecular complexity index is 406. The van der Waals surface area contributed by atoms with Gasteiger partial charge >= 0.3 is 6.18 Å². The molecule has 0 aliphatic heterocycles. The first-order valence-corrected chi connectivity index (χ1v) is 4.87. The molecule has 0 aromatic carbocycles. The van der Waals surface area contributed by atoms with Crippen LogP contribution in [0.1, 0.15) is 5.69 Å². The van der Waals surface area contributed by atoms with E-state index in [0.29, 0.717) is 6.07 Å². The highest BCUT2D eigenvalue weighted by molar-refractivity contribution is 5.44. The van der Waals surface area contributed by atoms with Crippen molar-refractivity contribution in [3.63, 3.8) is 0 Å². The summed E-state index contributed by atoms with van der Waals surface area (Å²) in [5.74, 6) is -0.497. The smallest absolute Gasteiger partial charge is 0.357 e. The van der Waals surface area contributed by atoms with Crippen LogP contribution in [-0.2, 0) is 6.18 Å². The Balaban J connectivity index is 3.12. The summed E-state index contributed by atoms with van der Waals surface area (Å²) in [5, 5.41) is 2.35. The minimum atomic E-state index is -4.66. The third-order valence-electron chi connectivity index (χ3n) is 2.03. The molecule has 4 nitrogen and oxygen atoms in total. The zero-order chi connectivity index (χ0) is 13.9. The van der Waals surface area contributed by atoms with Gasteiger partial charge in [-0.15, -0.1) is 0 Å². The molecule has 0 atom stereocenters. The summed E-state index contributed by atoms with van der Waals surface area (Å²) in [7, 11) is 2.57. The third-order valence-corrected chi connectivity index (χ3v) is 2.03. The fourth-order valence-corrected chi connectivity index (χ4v) is 1.19. The number of aromatic nitrogens is 2. The number of halogens is 5. The van der Waals surface area contributed by atoms with Crippen LogP contribution in [-0.4, -0.2) is 37.0 Å². The molecule has 0 bridgehead atoms. The van der Waals surface area contributed by atoms with E-state index in [1.165, 1.54) is 14.1 Å². The van der Waals surface area contributed by atoms with Crippen molar-refractivity contribution in [2.24, 2.45) is 0 Å². The predicted molar refractivity (Wildman–Crippen MR) is 55.9 cm³/mol. The highest BCUT2D eigenvalue weighted by Crippen LogP contribution is 2.30. The maximum atomic E-state index is 12.5. The third kappa shape index (κ3) is 3.67. The summed E-state index contributed by atoms with van der Waals surface area (Å²) < 4.78 is 61.9. The summed E-state index contributed by atoms with van der Waals surface area (Å²) in [6.07, 6.45) is -7.33. The van der Waals surface area contributed by atoms with Crippen molar-refractivity contribution in [1.82, 2.24) is 9.97 Å². The van der Waals surface area contributed by atoms with Crippen LogP contribution in [0.3, 0.4) is 0 Å². The van der Waals surface area contributed by atoms with Gasteiger partial charge in [-0.1, -0.05) is 0 Å². The van der Waals surface area contributed by atoms with Crippen molar-refractivity contribution >= 4 is 11.8 Å². The minimum absolute atomic E-state index is 0.220. The molecular weight excluding hydrogens is 259 g/mol. The van der Waals surface area contributed by atoms with Crippen LogP contribution in [0, 0.1) is 0 Å². The summed E-state index contributed by atoms with van der Waals surface area (Å²) in [6, 6.07) is 0.628. The number of hydrogen-bond acceptors (Lipinski definition) is 4. The molecule has 9 heteroatoms. The molecule has 1 aromatic rings. The monoisotopic (exact) mass is 270 g/mol. The van der Waals surface area contributed by atoms with Gasteiger partial charge < -0.3 is 10.2 Å². The first-order chi connectivity index (χ1) is 8.24. The first kappa shape index (κ1) is 14.4. The van der Waals surface area contributed by atoms with E-state index in [0.717, 1.165) is 4.90 Å². The molecule has 18 heavy (non-hydrogen) atoms. The van der Waals surface area contributed by atoms with Crippen molar-refractivity contribution < 1.29 is 22.0 Å². The van der Waals surface area contributed by atoms with E-state index in [1.807, 2.05) is 0 Å². The summed E-state index contributed by atoms with van der Waals surface area (Å²) >= 11 is 0. The highest BCUT2D eigenvalue weighted by Gasteiger charge is 2.34. The average molecular weight is 270 g/mol. The summed E-state index contributed by atoms with van der Waals surface area (Å²) in [4.78, 5) is 7.85. The molecule has 0 radical (unpaired) electrons. The van der Waals surface area contributed by atoms with Crippen molar-refractivity contribution in [3.05, 3.63) is 11.8 Å². The molecule has 0 amide bonds. The van der Waals surface area contributed by atoms with Crippen LogP contribution >= 0.6 is 0 Å². The lowest BCUT2D eigenvalue weighted by Crippen LogP contribution is -2.26. The quantitative estimate of drug-likeness (QED) is 0.852. The van der Waals surface area contributed by atoms with Crippen molar-refractivity contribution in [3.8, 4) is 0 Å². The number of hydrogen-bond donors (Lipinski definition) is 1. The topological polar surface area (TPSA) is 41.1 Å². The molecule has 102 valence electrons. The Labute approximate surface area is 99.8 Å². The maximum absolute atomic E-state index is 12.5. The molecule has 0 saturated carbocycles. The van der Waals surface area contributed by atoms with Crippen molar-refractivity contribution in [1.29, 1.82) is 0 Å². The van der Waals surface area contributed by atoms with Crippen LogP contribution in [0.25, 0.3) is 0 Å². The normalized spacial score (nSPS) is 11.8. The van der Waals surface area contributed by atoms with Crippen LogP contribution in [0.4, 0.5) is 33.7 Å². The molecule has 0 unspecified atom stereocenters. The van der Waals surface area contributed by atoms with E-state index < -0.39 is 24.8 Å². The van der Waals surface area contributed by atoms with Crippen LogP contribution in [0.5, 0.6) is 0 Å². The fraction of sp³-hybridized carbons (Fsp3) is 0.556. The van der Waals surface area contributed by atoms with E-state index in [2.05, 4.69) is 15.3 Å². The molecule has 1 N–H and O–H groups in total.